The van der Waals surface area contributed by atoms with Gasteiger partial charge in [0.2, 0.25) is 0 Å². The predicted octanol–water partition coefficient (Wildman–Crippen LogP) is 3.20. The second kappa shape index (κ2) is 5.00. The lowest BCUT2D eigenvalue weighted by Gasteiger charge is -2.04. The minimum Gasteiger partial charge on any atom is -0.396 e. The van der Waals surface area contributed by atoms with Gasteiger partial charge in [-0.25, -0.2) is 4.39 Å². The van der Waals surface area contributed by atoms with E-state index in [-0.39, 0.29) is 11.5 Å². The van der Waals surface area contributed by atoms with Crippen LogP contribution >= 0.6 is 0 Å². The van der Waals surface area contributed by atoms with Crippen LogP contribution in [0.1, 0.15) is 28.4 Å². The van der Waals surface area contributed by atoms with E-state index >= 15 is 0 Å². The van der Waals surface area contributed by atoms with Gasteiger partial charge in [0.1, 0.15) is 5.82 Å². The van der Waals surface area contributed by atoms with Gasteiger partial charge in [-0.3, -0.25) is 4.79 Å². The summed E-state index contributed by atoms with van der Waals surface area (Å²) in [5.74, 6) is -0.761. The molecule has 2 nitrogen and oxygen atoms in total. The van der Waals surface area contributed by atoms with E-state index in [9.17, 15) is 9.18 Å². The molecule has 0 saturated carbocycles. The third-order valence-corrected chi connectivity index (χ3v) is 2.89. The highest BCUT2D eigenvalue weighted by molar-refractivity contribution is 6.09. The van der Waals surface area contributed by atoms with Crippen LogP contribution in [0, 0.1) is 5.82 Å². The Hall–Kier alpha value is -2.16. The third-order valence-electron chi connectivity index (χ3n) is 2.89. The summed E-state index contributed by atoms with van der Waals surface area (Å²) in [5, 5.41) is 0. The number of benzene rings is 2. The number of nitrogen functional groups attached to an aromatic ring is 1. The number of rotatable bonds is 3. The summed E-state index contributed by atoms with van der Waals surface area (Å²) in [7, 11) is 0. The molecule has 0 aliphatic heterocycles. The van der Waals surface area contributed by atoms with Crippen molar-refractivity contribution in [2.24, 2.45) is 0 Å². The van der Waals surface area contributed by atoms with E-state index in [1.807, 2.05) is 19.1 Å². The molecule has 2 aromatic carbocycles. The number of hydrogen-bond acceptors (Lipinski definition) is 2. The smallest absolute Gasteiger partial charge is 0.193 e. The van der Waals surface area contributed by atoms with Gasteiger partial charge in [-0.05, 0) is 30.2 Å². The second-order valence-corrected chi connectivity index (χ2v) is 4.12. The standard InChI is InChI=1S/C15H14FNO/c1-2-10-3-5-11(6-4-10)15(18)12-7-8-14(17)13(16)9-12/h3-9H,2,17H2,1H3. The summed E-state index contributed by atoms with van der Waals surface area (Å²) in [5.41, 5.74) is 7.45. The van der Waals surface area contributed by atoms with Gasteiger partial charge in [-0.1, -0.05) is 31.2 Å². The highest BCUT2D eigenvalue weighted by atomic mass is 19.1. The summed E-state index contributed by atoms with van der Waals surface area (Å²) < 4.78 is 13.3. The minimum atomic E-state index is -0.564. The first kappa shape index (κ1) is 12.3. The molecule has 0 aliphatic carbocycles. The Labute approximate surface area is 105 Å². The molecule has 0 heterocycles. The molecule has 0 atom stereocenters. The van der Waals surface area contributed by atoms with Crippen LogP contribution in [0.3, 0.4) is 0 Å². The molecule has 0 aliphatic rings. The van der Waals surface area contributed by atoms with Gasteiger partial charge in [-0.2, -0.15) is 0 Å². The number of halogens is 1. The number of carbonyl (C=O) groups excluding carboxylic acids is 1. The maximum atomic E-state index is 13.3. The van der Waals surface area contributed by atoms with Gasteiger partial charge in [0.15, 0.2) is 5.78 Å². The van der Waals surface area contributed by atoms with Crippen molar-refractivity contribution in [1.29, 1.82) is 0 Å². The van der Waals surface area contributed by atoms with Gasteiger partial charge >= 0.3 is 0 Å². The van der Waals surface area contributed by atoms with Crippen LogP contribution in [0.5, 0.6) is 0 Å². The Kier molecular flexibility index (Phi) is 3.42. The quantitative estimate of drug-likeness (QED) is 0.664. The topological polar surface area (TPSA) is 43.1 Å². The molecule has 0 saturated heterocycles. The first-order valence-corrected chi connectivity index (χ1v) is 5.80. The van der Waals surface area contributed by atoms with Crippen molar-refractivity contribution in [2.45, 2.75) is 13.3 Å². The average molecular weight is 243 g/mol. The van der Waals surface area contributed by atoms with E-state index in [0.29, 0.717) is 11.1 Å². The highest BCUT2D eigenvalue weighted by Crippen LogP contribution is 2.16. The van der Waals surface area contributed by atoms with Gasteiger partial charge < -0.3 is 5.73 Å². The molecule has 0 spiro atoms. The van der Waals surface area contributed by atoms with Gasteiger partial charge in [0, 0.05) is 11.1 Å². The van der Waals surface area contributed by atoms with Crippen molar-refractivity contribution >= 4 is 11.5 Å². The molecule has 2 aromatic rings. The maximum Gasteiger partial charge on any atom is 0.193 e. The molecular weight excluding hydrogens is 229 g/mol. The Morgan fingerprint density at radius 3 is 2.28 bits per heavy atom. The lowest BCUT2D eigenvalue weighted by atomic mass is 10.0. The van der Waals surface area contributed by atoms with E-state index in [1.54, 1.807) is 12.1 Å². The van der Waals surface area contributed by atoms with Crippen molar-refractivity contribution in [3.05, 3.63) is 65.0 Å². The van der Waals surface area contributed by atoms with Crippen molar-refractivity contribution in [1.82, 2.24) is 0 Å². The normalized spacial score (nSPS) is 10.3. The maximum absolute atomic E-state index is 13.3. The van der Waals surface area contributed by atoms with E-state index in [2.05, 4.69) is 0 Å². The second-order valence-electron chi connectivity index (χ2n) is 4.12. The van der Waals surface area contributed by atoms with E-state index in [0.717, 1.165) is 12.0 Å². The van der Waals surface area contributed by atoms with Crippen molar-refractivity contribution in [2.75, 3.05) is 5.73 Å². The fraction of sp³-hybridized carbons (Fsp3) is 0.133. The Morgan fingerprint density at radius 1 is 1.11 bits per heavy atom. The number of ketones is 1. The summed E-state index contributed by atoms with van der Waals surface area (Å²) >= 11 is 0. The van der Waals surface area contributed by atoms with E-state index in [4.69, 9.17) is 5.73 Å². The van der Waals surface area contributed by atoms with Crippen molar-refractivity contribution < 1.29 is 9.18 Å². The highest BCUT2D eigenvalue weighted by Gasteiger charge is 2.10. The molecule has 0 fully saturated rings. The summed E-state index contributed by atoms with van der Waals surface area (Å²) in [6.07, 6.45) is 0.922. The van der Waals surface area contributed by atoms with Crippen LogP contribution in [-0.2, 0) is 6.42 Å². The lowest BCUT2D eigenvalue weighted by molar-refractivity contribution is 0.103. The van der Waals surface area contributed by atoms with Crippen LogP contribution in [0.25, 0.3) is 0 Å². The van der Waals surface area contributed by atoms with E-state index < -0.39 is 5.82 Å². The minimum absolute atomic E-state index is 0.0490. The van der Waals surface area contributed by atoms with E-state index in [1.165, 1.54) is 18.2 Å². The first-order chi connectivity index (χ1) is 8.61. The molecule has 0 bridgehead atoms. The number of anilines is 1. The lowest BCUT2D eigenvalue weighted by Crippen LogP contribution is -2.03. The number of carbonyl (C=O) groups is 1. The largest absolute Gasteiger partial charge is 0.396 e. The van der Waals surface area contributed by atoms with Crippen LogP contribution in [-0.4, -0.2) is 5.78 Å². The van der Waals surface area contributed by atoms with Crippen molar-refractivity contribution in [3.8, 4) is 0 Å². The first-order valence-electron chi connectivity index (χ1n) is 5.80. The molecule has 0 aromatic heterocycles. The Bertz CT molecular complexity index is 576. The fourth-order valence-corrected chi connectivity index (χ4v) is 1.73. The summed E-state index contributed by atoms with van der Waals surface area (Å²) in [6, 6.07) is 11.4. The van der Waals surface area contributed by atoms with Crippen LogP contribution in [0.4, 0.5) is 10.1 Å². The summed E-state index contributed by atoms with van der Waals surface area (Å²) in [4.78, 5) is 12.1. The van der Waals surface area contributed by atoms with Gasteiger partial charge in [0.25, 0.3) is 0 Å². The molecule has 18 heavy (non-hydrogen) atoms. The number of hydrogen-bond donors (Lipinski definition) is 1. The molecule has 3 heteroatoms. The van der Waals surface area contributed by atoms with Crippen LogP contribution in [0.2, 0.25) is 0 Å². The zero-order valence-corrected chi connectivity index (χ0v) is 10.1. The summed E-state index contributed by atoms with van der Waals surface area (Å²) in [6.45, 7) is 2.05. The van der Waals surface area contributed by atoms with Crippen LogP contribution < -0.4 is 5.73 Å². The third kappa shape index (κ3) is 2.40. The predicted molar refractivity (Wildman–Crippen MR) is 70.1 cm³/mol. The molecule has 2 rings (SSSR count). The number of nitrogens with two attached hydrogens (primary N) is 1. The Morgan fingerprint density at radius 2 is 1.72 bits per heavy atom. The zero-order valence-electron chi connectivity index (χ0n) is 10.1. The van der Waals surface area contributed by atoms with Gasteiger partial charge in [-0.15, -0.1) is 0 Å². The molecular formula is C15H14FNO. The van der Waals surface area contributed by atoms with Gasteiger partial charge in [0.05, 0.1) is 5.69 Å². The monoisotopic (exact) mass is 243 g/mol. The number of aryl methyl sites for hydroxylation is 1. The van der Waals surface area contributed by atoms with Crippen LogP contribution in [0.15, 0.2) is 42.5 Å². The molecule has 2 N–H and O–H groups in total. The average Bonchev–Trinajstić information content (AvgIpc) is 2.41. The fourth-order valence-electron chi connectivity index (χ4n) is 1.73. The van der Waals surface area contributed by atoms with Crippen molar-refractivity contribution in [3.63, 3.8) is 0 Å². The zero-order chi connectivity index (χ0) is 13.1. The molecule has 0 amide bonds. The molecule has 0 radical (unpaired) electrons. The Balaban J connectivity index is 2.32. The molecule has 92 valence electrons. The molecule has 0 unspecified atom stereocenters. The SMILES string of the molecule is CCc1ccc(C(=O)c2ccc(N)c(F)c2)cc1.